The topological polar surface area (TPSA) is 66.5 Å². The minimum absolute atomic E-state index is 0.157. The molecule has 0 aromatic heterocycles. The van der Waals surface area contributed by atoms with Crippen LogP contribution >= 0.6 is 11.6 Å². The van der Waals surface area contributed by atoms with E-state index in [9.17, 15) is 14.4 Å². The standard InChI is InChI=1S/C33H22ClFN2O3/c34-21-16-13-20(14-17-21)30(38)29-28(31(39)22-8-2-4-10-24(22)35)33(23-9-3-5-11-25(23)36-32(33)40)27-18-15-19-7-1-6-12-26(19)37(27)29/h1-18,27-29H,(H,36,40)/t27-,28+,29-,33+/m0/s1. The summed E-state index contributed by atoms with van der Waals surface area (Å²) in [4.78, 5) is 45.3. The first-order chi connectivity index (χ1) is 19.4. The van der Waals surface area contributed by atoms with Crippen molar-refractivity contribution in [3.8, 4) is 0 Å². The van der Waals surface area contributed by atoms with Gasteiger partial charge < -0.3 is 10.2 Å². The van der Waals surface area contributed by atoms with Gasteiger partial charge in [0.05, 0.1) is 17.5 Å². The SMILES string of the molecule is O=C(c1ccc(Cl)cc1)[C@@H]1[C@H](C(=O)c2ccccc2F)[C@]2(C(=O)Nc3ccccc32)[C@@H]2C=Cc3ccccc3N12. The molecule has 1 N–H and O–H groups in total. The number of carbonyl (C=O) groups is 3. The number of anilines is 2. The number of Topliss-reactive ketones (excluding diaryl/α,β-unsaturated/α-hetero) is 2. The van der Waals surface area contributed by atoms with Crippen molar-refractivity contribution in [3.63, 3.8) is 0 Å². The average Bonchev–Trinajstić information content (AvgIpc) is 3.45. The van der Waals surface area contributed by atoms with Crippen molar-refractivity contribution in [2.45, 2.75) is 17.5 Å². The second-order valence-electron chi connectivity index (χ2n) is 10.3. The summed E-state index contributed by atoms with van der Waals surface area (Å²) in [5, 5.41) is 3.44. The van der Waals surface area contributed by atoms with Crippen LogP contribution in [0.5, 0.6) is 0 Å². The number of nitrogens with one attached hydrogen (secondary N) is 1. The summed E-state index contributed by atoms with van der Waals surface area (Å²) in [6.45, 7) is 0. The van der Waals surface area contributed by atoms with Crippen LogP contribution in [0, 0.1) is 11.7 Å². The van der Waals surface area contributed by atoms with Crippen molar-refractivity contribution in [2.24, 2.45) is 5.92 Å². The van der Waals surface area contributed by atoms with E-state index >= 15 is 4.39 Å². The molecule has 1 saturated heterocycles. The summed E-state index contributed by atoms with van der Waals surface area (Å²) in [7, 11) is 0. The maximum absolute atomic E-state index is 15.2. The Morgan fingerprint density at radius 1 is 0.850 bits per heavy atom. The second kappa shape index (κ2) is 9.00. The average molecular weight is 549 g/mol. The Morgan fingerprint density at radius 2 is 1.55 bits per heavy atom. The van der Waals surface area contributed by atoms with Crippen LogP contribution in [-0.4, -0.2) is 29.6 Å². The quantitative estimate of drug-likeness (QED) is 0.302. The number of fused-ring (bicyclic) bond motifs is 6. The molecule has 1 spiro atoms. The van der Waals surface area contributed by atoms with Gasteiger partial charge in [-0.2, -0.15) is 0 Å². The molecule has 5 nitrogen and oxygen atoms in total. The Bertz CT molecular complexity index is 1750. The number of rotatable bonds is 4. The zero-order valence-electron chi connectivity index (χ0n) is 21.1. The monoisotopic (exact) mass is 548 g/mol. The highest BCUT2D eigenvalue weighted by molar-refractivity contribution is 6.30. The number of para-hydroxylation sites is 2. The normalized spacial score (nSPS) is 23.9. The van der Waals surface area contributed by atoms with Gasteiger partial charge in [0.25, 0.3) is 0 Å². The smallest absolute Gasteiger partial charge is 0.238 e. The van der Waals surface area contributed by atoms with Gasteiger partial charge >= 0.3 is 0 Å². The third-order valence-electron chi connectivity index (χ3n) is 8.36. The lowest BCUT2D eigenvalue weighted by atomic mass is 9.64. The minimum Gasteiger partial charge on any atom is -0.352 e. The van der Waals surface area contributed by atoms with Gasteiger partial charge in [0.15, 0.2) is 11.6 Å². The van der Waals surface area contributed by atoms with Crippen molar-refractivity contribution < 1.29 is 18.8 Å². The largest absolute Gasteiger partial charge is 0.352 e. The molecule has 3 aliphatic rings. The number of ketones is 2. The van der Waals surface area contributed by atoms with Crippen LogP contribution in [0.1, 0.15) is 31.8 Å². The van der Waals surface area contributed by atoms with Gasteiger partial charge in [-0.15, -0.1) is 0 Å². The molecule has 4 aromatic rings. The highest BCUT2D eigenvalue weighted by Crippen LogP contribution is 2.58. The predicted molar refractivity (Wildman–Crippen MR) is 152 cm³/mol. The Hall–Kier alpha value is -4.55. The molecule has 0 unspecified atom stereocenters. The molecule has 7 rings (SSSR count). The summed E-state index contributed by atoms with van der Waals surface area (Å²) in [6.07, 6.45) is 3.81. The van der Waals surface area contributed by atoms with Crippen molar-refractivity contribution >= 4 is 46.5 Å². The number of carbonyl (C=O) groups excluding carboxylic acids is 3. The molecule has 1 amide bonds. The third kappa shape index (κ3) is 3.29. The molecule has 0 bridgehead atoms. The Kier molecular flexibility index (Phi) is 5.51. The molecule has 0 aliphatic carbocycles. The molecular formula is C33H22ClFN2O3. The summed E-state index contributed by atoms with van der Waals surface area (Å²) in [6, 6.07) is 25.2. The van der Waals surface area contributed by atoms with Gasteiger partial charge in [0.2, 0.25) is 5.91 Å². The fraction of sp³-hybridized carbons (Fsp3) is 0.121. The summed E-state index contributed by atoms with van der Waals surface area (Å²) in [5.41, 5.74) is 1.46. The maximum Gasteiger partial charge on any atom is 0.238 e. The zero-order chi connectivity index (χ0) is 27.6. The van der Waals surface area contributed by atoms with E-state index in [1.807, 2.05) is 53.5 Å². The summed E-state index contributed by atoms with van der Waals surface area (Å²) < 4.78 is 15.2. The predicted octanol–water partition coefficient (Wildman–Crippen LogP) is 6.34. The maximum atomic E-state index is 15.2. The van der Waals surface area contributed by atoms with Crippen LogP contribution in [0.15, 0.2) is 103 Å². The first-order valence-electron chi connectivity index (χ1n) is 13.0. The first-order valence-corrected chi connectivity index (χ1v) is 13.4. The molecule has 0 radical (unpaired) electrons. The van der Waals surface area contributed by atoms with Gasteiger partial charge in [0, 0.05) is 22.0 Å². The molecule has 7 heteroatoms. The number of nitrogens with zero attached hydrogens (tertiary/aromatic N) is 1. The number of halogens is 2. The molecule has 3 heterocycles. The Morgan fingerprint density at radius 3 is 2.35 bits per heavy atom. The molecule has 1 fully saturated rings. The lowest BCUT2D eigenvalue weighted by Crippen LogP contribution is -2.51. The third-order valence-corrected chi connectivity index (χ3v) is 8.61. The van der Waals surface area contributed by atoms with Crippen molar-refractivity contribution in [2.75, 3.05) is 10.2 Å². The van der Waals surface area contributed by atoms with Gasteiger partial charge in [-0.3, -0.25) is 14.4 Å². The number of hydrogen-bond donors (Lipinski definition) is 1. The second-order valence-corrected chi connectivity index (χ2v) is 10.7. The minimum atomic E-state index is -1.49. The van der Waals surface area contributed by atoms with E-state index in [1.54, 1.807) is 42.5 Å². The summed E-state index contributed by atoms with van der Waals surface area (Å²) >= 11 is 6.12. The van der Waals surface area contributed by atoms with Gasteiger partial charge in [0.1, 0.15) is 17.3 Å². The molecule has 3 aliphatic heterocycles. The number of benzene rings is 4. The lowest BCUT2D eigenvalue weighted by Gasteiger charge is -2.37. The fourth-order valence-corrected chi connectivity index (χ4v) is 6.86. The van der Waals surface area contributed by atoms with E-state index in [0.29, 0.717) is 21.8 Å². The van der Waals surface area contributed by atoms with Crippen molar-refractivity contribution in [1.82, 2.24) is 0 Å². The number of hydrogen-bond acceptors (Lipinski definition) is 4. The number of amides is 1. The fourth-order valence-electron chi connectivity index (χ4n) is 6.73. The molecule has 0 saturated carbocycles. The van der Waals surface area contributed by atoms with Crippen molar-refractivity contribution in [1.29, 1.82) is 0 Å². The highest BCUT2D eigenvalue weighted by Gasteiger charge is 2.70. The van der Waals surface area contributed by atoms with Crippen LogP contribution in [0.25, 0.3) is 6.08 Å². The van der Waals surface area contributed by atoms with Crippen LogP contribution in [0.4, 0.5) is 15.8 Å². The van der Waals surface area contributed by atoms with Crippen LogP contribution < -0.4 is 10.2 Å². The van der Waals surface area contributed by atoms with Gasteiger partial charge in [-0.05, 0) is 59.7 Å². The Balaban J connectivity index is 1.55. The molecule has 40 heavy (non-hydrogen) atoms. The van der Waals surface area contributed by atoms with Crippen LogP contribution in [0.3, 0.4) is 0 Å². The highest BCUT2D eigenvalue weighted by atomic mass is 35.5. The van der Waals surface area contributed by atoms with Gasteiger partial charge in [-0.1, -0.05) is 72.3 Å². The molecule has 196 valence electrons. The zero-order valence-corrected chi connectivity index (χ0v) is 21.8. The van der Waals surface area contributed by atoms with E-state index in [1.165, 1.54) is 18.2 Å². The van der Waals surface area contributed by atoms with Gasteiger partial charge in [-0.25, -0.2) is 4.39 Å². The molecular weight excluding hydrogens is 527 g/mol. The van der Waals surface area contributed by atoms with E-state index in [2.05, 4.69) is 5.32 Å². The van der Waals surface area contributed by atoms with E-state index < -0.39 is 40.9 Å². The van der Waals surface area contributed by atoms with E-state index in [0.717, 1.165) is 11.3 Å². The lowest BCUT2D eigenvalue weighted by molar-refractivity contribution is -0.121. The molecule has 4 atom stereocenters. The van der Waals surface area contributed by atoms with Crippen molar-refractivity contribution in [3.05, 3.63) is 136 Å². The van der Waals surface area contributed by atoms with Crippen LogP contribution in [-0.2, 0) is 10.2 Å². The first kappa shape index (κ1) is 24.5. The van der Waals surface area contributed by atoms with Crippen LogP contribution in [0.2, 0.25) is 5.02 Å². The molecule has 4 aromatic carbocycles. The Labute approximate surface area is 234 Å². The van der Waals surface area contributed by atoms with E-state index in [-0.39, 0.29) is 11.3 Å². The van der Waals surface area contributed by atoms with E-state index in [4.69, 9.17) is 11.6 Å². The summed E-state index contributed by atoms with van der Waals surface area (Å²) in [5.74, 6) is -3.29.